The number of aryl methyl sites for hydroxylation is 1. The van der Waals surface area contributed by atoms with Gasteiger partial charge >= 0.3 is 5.97 Å². The number of aromatic nitrogens is 3. The second-order valence-electron chi connectivity index (χ2n) is 3.49. The summed E-state index contributed by atoms with van der Waals surface area (Å²) in [4.78, 5) is 21.9. The Morgan fingerprint density at radius 1 is 1.53 bits per heavy atom. The Labute approximate surface area is 106 Å². The summed E-state index contributed by atoms with van der Waals surface area (Å²) < 4.78 is 0.594. The molecule has 2 rings (SSSR count). The van der Waals surface area contributed by atoms with Crippen LogP contribution in [0.2, 0.25) is 0 Å². The molecular weight excluding hydrogens is 286 g/mol. The highest BCUT2D eigenvalue weighted by molar-refractivity contribution is 9.10. The van der Waals surface area contributed by atoms with Crippen molar-refractivity contribution < 1.29 is 9.90 Å². The summed E-state index contributed by atoms with van der Waals surface area (Å²) in [5.74, 6) is -0.826. The summed E-state index contributed by atoms with van der Waals surface area (Å²) >= 11 is 3.25. The molecule has 0 fully saturated rings. The van der Waals surface area contributed by atoms with Gasteiger partial charge in [0.2, 0.25) is 0 Å². The number of nitrogens with one attached hydrogen (secondary N) is 1. The van der Waals surface area contributed by atoms with Crippen LogP contribution < -0.4 is 0 Å². The van der Waals surface area contributed by atoms with E-state index in [0.717, 1.165) is 17.0 Å². The molecule has 0 saturated heterocycles. The highest BCUT2D eigenvalue weighted by atomic mass is 79.9. The van der Waals surface area contributed by atoms with Crippen LogP contribution in [0.25, 0.3) is 11.3 Å². The van der Waals surface area contributed by atoms with Crippen molar-refractivity contribution in [1.29, 1.82) is 0 Å². The fourth-order valence-electron chi connectivity index (χ4n) is 1.53. The topological polar surface area (TPSA) is 78.9 Å². The van der Waals surface area contributed by atoms with E-state index >= 15 is 0 Å². The smallest absolute Gasteiger partial charge is 0.303 e. The third kappa shape index (κ3) is 2.91. The van der Waals surface area contributed by atoms with Crippen LogP contribution in [0.3, 0.4) is 0 Å². The third-order valence-corrected chi connectivity index (χ3v) is 2.65. The van der Waals surface area contributed by atoms with Crippen LogP contribution in [0.5, 0.6) is 0 Å². The molecule has 0 aliphatic heterocycles. The minimum absolute atomic E-state index is 0.0713. The molecule has 0 aliphatic carbocycles. The molecule has 0 bridgehead atoms. The molecule has 5 nitrogen and oxygen atoms in total. The van der Waals surface area contributed by atoms with E-state index in [2.05, 4.69) is 30.9 Å². The monoisotopic (exact) mass is 295 g/mol. The van der Waals surface area contributed by atoms with E-state index in [4.69, 9.17) is 5.11 Å². The van der Waals surface area contributed by atoms with Gasteiger partial charge in [-0.1, -0.05) is 0 Å². The maximum atomic E-state index is 10.6. The molecule has 0 atom stereocenters. The minimum atomic E-state index is -0.826. The van der Waals surface area contributed by atoms with E-state index in [0.29, 0.717) is 11.2 Å². The highest BCUT2D eigenvalue weighted by Crippen LogP contribution is 2.23. The maximum Gasteiger partial charge on any atom is 0.303 e. The zero-order chi connectivity index (χ0) is 12.3. The van der Waals surface area contributed by atoms with E-state index in [1.165, 1.54) is 0 Å². The number of hydrogen-bond acceptors (Lipinski definition) is 3. The van der Waals surface area contributed by atoms with Crippen LogP contribution in [-0.4, -0.2) is 26.0 Å². The van der Waals surface area contributed by atoms with E-state index in [1.807, 2.05) is 12.1 Å². The molecule has 0 saturated carbocycles. The number of H-pyrrole nitrogens is 1. The van der Waals surface area contributed by atoms with Crippen molar-refractivity contribution in [2.24, 2.45) is 0 Å². The number of carboxylic acid groups (broad SMARTS) is 1. The van der Waals surface area contributed by atoms with E-state index in [1.54, 1.807) is 12.4 Å². The highest BCUT2D eigenvalue weighted by Gasteiger charge is 2.12. The Morgan fingerprint density at radius 2 is 2.35 bits per heavy atom. The number of aromatic amines is 1. The number of rotatable bonds is 4. The number of nitrogens with zero attached hydrogens (tertiary/aromatic N) is 2. The van der Waals surface area contributed by atoms with Gasteiger partial charge in [-0.25, -0.2) is 4.98 Å². The summed E-state index contributed by atoms with van der Waals surface area (Å²) in [7, 11) is 0. The first kappa shape index (κ1) is 11.8. The van der Waals surface area contributed by atoms with Gasteiger partial charge in [0.1, 0.15) is 0 Å². The Hall–Kier alpha value is -1.69. The molecule has 0 aromatic carbocycles. The minimum Gasteiger partial charge on any atom is -0.481 e. The Balaban J connectivity index is 2.31. The predicted molar refractivity (Wildman–Crippen MR) is 65.5 cm³/mol. The molecule has 2 N–H and O–H groups in total. The molecule has 0 unspecified atom stereocenters. The molecule has 2 heterocycles. The Bertz CT molecular complexity index is 525. The summed E-state index contributed by atoms with van der Waals surface area (Å²) in [6.45, 7) is 0. The molecule has 6 heteroatoms. The number of hydrogen-bond donors (Lipinski definition) is 2. The predicted octanol–water partition coefficient (Wildman–Crippen LogP) is 2.25. The van der Waals surface area contributed by atoms with Gasteiger partial charge in [0.05, 0.1) is 12.1 Å². The molecule has 2 aromatic rings. The van der Waals surface area contributed by atoms with Crippen LogP contribution in [0.1, 0.15) is 12.1 Å². The van der Waals surface area contributed by atoms with Crippen LogP contribution in [0, 0.1) is 0 Å². The zero-order valence-electron chi connectivity index (χ0n) is 8.85. The van der Waals surface area contributed by atoms with Gasteiger partial charge in [-0.3, -0.25) is 9.78 Å². The van der Waals surface area contributed by atoms with Crippen molar-refractivity contribution in [1.82, 2.24) is 15.0 Å². The molecule has 88 valence electrons. The molecule has 0 radical (unpaired) electrons. The number of imidazole rings is 1. The SMILES string of the molecule is O=C(O)CCc1[nH]c(Br)nc1-c1cccnc1. The van der Waals surface area contributed by atoms with E-state index in [9.17, 15) is 4.79 Å². The fourth-order valence-corrected chi connectivity index (χ4v) is 1.95. The van der Waals surface area contributed by atoms with Gasteiger partial charge in [0.15, 0.2) is 4.73 Å². The molecule has 2 aromatic heterocycles. The number of carboxylic acids is 1. The van der Waals surface area contributed by atoms with Crippen LogP contribution in [0.4, 0.5) is 0 Å². The van der Waals surface area contributed by atoms with E-state index < -0.39 is 5.97 Å². The summed E-state index contributed by atoms with van der Waals surface area (Å²) in [5, 5.41) is 8.68. The van der Waals surface area contributed by atoms with Gasteiger partial charge in [0.25, 0.3) is 0 Å². The molecule has 0 aliphatic rings. The summed E-state index contributed by atoms with van der Waals surface area (Å²) in [5.41, 5.74) is 2.41. The molecule has 17 heavy (non-hydrogen) atoms. The Morgan fingerprint density at radius 3 is 3.00 bits per heavy atom. The fraction of sp³-hybridized carbons (Fsp3) is 0.182. The van der Waals surface area contributed by atoms with E-state index in [-0.39, 0.29) is 6.42 Å². The number of aliphatic carboxylic acids is 1. The number of carbonyl (C=O) groups is 1. The molecule has 0 amide bonds. The average molecular weight is 296 g/mol. The Kier molecular flexibility index (Phi) is 3.53. The largest absolute Gasteiger partial charge is 0.481 e. The van der Waals surface area contributed by atoms with Gasteiger partial charge in [0, 0.05) is 30.1 Å². The number of halogens is 1. The first-order valence-corrected chi connectivity index (χ1v) is 5.82. The lowest BCUT2D eigenvalue weighted by atomic mass is 10.1. The van der Waals surface area contributed by atoms with Gasteiger partial charge in [-0.2, -0.15) is 0 Å². The lowest BCUT2D eigenvalue weighted by Crippen LogP contribution is -1.99. The normalized spacial score (nSPS) is 10.4. The van der Waals surface area contributed by atoms with Crippen LogP contribution >= 0.6 is 15.9 Å². The van der Waals surface area contributed by atoms with Crippen molar-refractivity contribution in [2.75, 3.05) is 0 Å². The average Bonchev–Trinajstić information content (AvgIpc) is 2.69. The summed E-state index contributed by atoms with van der Waals surface area (Å²) in [6.07, 6.45) is 3.87. The second-order valence-corrected chi connectivity index (χ2v) is 4.24. The van der Waals surface area contributed by atoms with Gasteiger partial charge in [-0.05, 0) is 28.1 Å². The van der Waals surface area contributed by atoms with Crippen molar-refractivity contribution >= 4 is 21.9 Å². The first-order valence-electron chi connectivity index (χ1n) is 5.03. The quantitative estimate of drug-likeness (QED) is 0.907. The zero-order valence-corrected chi connectivity index (χ0v) is 10.4. The molecular formula is C11H10BrN3O2. The van der Waals surface area contributed by atoms with Crippen LogP contribution in [-0.2, 0) is 11.2 Å². The van der Waals surface area contributed by atoms with Crippen molar-refractivity contribution in [3.05, 3.63) is 35.0 Å². The third-order valence-electron chi connectivity index (χ3n) is 2.27. The summed E-state index contributed by atoms with van der Waals surface area (Å²) in [6, 6.07) is 3.71. The standard InChI is InChI=1S/C11H10BrN3O2/c12-11-14-8(3-4-9(16)17)10(15-11)7-2-1-5-13-6-7/h1-2,5-6H,3-4H2,(H,14,15)(H,16,17). The first-order chi connectivity index (χ1) is 8.16. The van der Waals surface area contributed by atoms with Crippen molar-refractivity contribution in [3.8, 4) is 11.3 Å². The van der Waals surface area contributed by atoms with Gasteiger partial charge < -0.3 is 10.1 Å². The van der Waals surface area contributed by atoms with Crippen molar-refractivity contribution in [3.63, 3.8) is 0 Å². The number of pyridine rings is 1. The lowest BCUT2D eigenvalue weighted by Gasteiger charge is -2.00. The molecule has 0 spiro atoms. The van der Waals surface area contributed by atoms with Crippen molar-refractivity contribution in [2.45, 2.75) is 12.8 Å². The van der Waals surface area contributed by atoms with Crippen LogP contribution in [0.15, 0.2) is 29.3 Å². The van der Waals surface area contributed by atoms with Gasteiger partial charge in [-0.15, -0.1) is 0 Å². The maximum absolute atomic E-state index is 10.6. The lowest BCUT2D eigenvalue weighted by molar-refractivity contribution is -0.136. The second kappa shape index (κ2) is 5.09.